The molecule has 1 saturated heterocycles. The van der Waals surface area contributed by atoms with E-state index in [1.54, 1.807) is 19.1 Å². The average Bonchev–Trinajstić information content (AvgIpc) is 2.39. The number of nitrogens with zero attached hydrogens (tertiary/aromatic N) is 1. The molecule has 0 amide bonds. The standard InChI is InChI=1S/C12H18FN3O2S/c1-10(11-3-2-4-12(13)9-11)15-19(17,18)16-7-5-14-6-8-16/h2-4,9-10,14-15H,5-8H2,1H3. The van der Waals surface area contributed by atoms with E-state index in [1.807, 2.05) is 0 Å². The van der Waals surface area contributed by atoms with Crippen molar-refractivity contribution in [3.05, 3.63) is 35.6 Å². The van der Waals surface area contributed by atoms with Crippen molar-refractivity contribution < 1.29 is 12.8 Å². The highest BCUT2D eigenvalue weighted by atomic mass is 32.2. The Morgan fingerprint density at radius 1 is 1.37 bits per heavy atom. The van der Waals surface area contributed by atoms with E-state index in [9.17, 15) is 12.8 Å². The molecule has 19 heavy (non-hydrogen) atoms. The summed E-state index contributed by atoms with van der Waals surface area (Å²) in [5, 5.41) is 3.10. The lowest BCUT2D eigenvalue weighted by molar-refractivity contribution is 0.352. The third-order valence-electron chi connectivity index (χ3n) is 3.09. The Morgan fingerprint density at radius 2 is 2.05 bits per heavy atom. The second kappa shape index (κ2) is 5.96. The summed E-state index contributed by atoms with van der Waals surface area (Å²) in [6.07, 6.45) is 0. The number of hydrogen-bond donors (Lipinski definition) is 2. The van der Waals surface area contributed by atoms with Gasteiger partial charge in [-0.2, -0.15) is 17.4 Å². The van der Waals surface area contributed by atoms with Gasteiger partial charge in [-0.25, -0.2) is 4.39 Å². The summed E-state index contributed by atoms with van der Waals surface area (Å²) in [5.74, 6) is -0.370. The van der Waals surface area contributed by atoms with Crippen LogP contribution in [0.2, 0.25) is 0 Å². The molecule has 0 saturated carbocycles. The van der Waals surface area contributed by atoms with E-state index in [2.05, 4.69) is 10.0 Å². The Labute approximate surface area is 113 Å². The number of halogens is 1. The van der Waals surface area contributed by atoms with Gasteiger partial charge in [-0.3, -0.25) is 0 Å². The van der Waals surface area contributed by atoms with Crippen LogP contribution < -0.4 is 10.0 Å². The van der Waals surface area contributed by atoms with Crippen molar-refractivity contribution in [2.75, 3.05) is 26.2 Å². The first-order valence-electron chi connectivity index (χ1n) is 6.22. The fourth-order valence-corrected chi connectivity index (χ4v) is 3.42. The predicted molar refractivity (Wildman–Crippen MR) is 71.3 cm³/mol. The van der Waals surface area contributed by atoms with Crippen LogP contribution in [0.1, 0.15) is 18.5 Å². The zero-order chi connectivity index (χ0) is 13.9. The van der Waals surface area contributed by atoms with Gasteiger partial charge >= 0.3 is 0 Å². The van der Waals surface area contributed by atoms with Crippen molar-refractivity contribution in [3.8, 4) is 0 Å². The Kier molecular flexibility index (Phi) is 4.51. The molecule has 1 unspecified atom stereocenters. The highest BCUT2D eigenvalue weighted by Gasteiger charge is 2.25. The van der Waals surface area contributed by atoms with Crippen LogP contribution in [0.4, 0.5) is 4.39 Å². The lowest BCUT2D eigenvalue weighted by atomic mass is 10.1. The number of benzene rings is 1. The van der Waals surface area contributed by atoms with Crippen LogP contribution in [-0.4, -0.2) is 38.9 Å². The smallest absolute Gasteiger partial charge is 0.280 e. The molecule has 1 aromatic rings. The number of rotatable bonds is 4. The molecule has 1 aliphatic rings. The molecule has 1 heterocycles. The second-order valence-electron chi connectivity index (χ2n) is 4.55. The first-order valence-corrected chi connectivity index (χ1v) is 7.66. The van der Waals surface area contributed by atoms with Gasteiger partial charge in [-0.15, -0.1) is 0 Å². The first kappa shape index (κ1) is 14.4. The summed E-state index contributed by atoms with van der Waals surface area (Å²) >= 11 is 0. The molecule has 0 radical (unpaired) electrons. The van der Waals surface area contributed by atoms with E-state index in [0.29, 0.717) is 31.7 Å². The number of nitrogens with one attached hydrogen (secondary N) is 2. The lowest BCUT2D eigenvalue weighted by Gasteiger charge is -2.28. The fourth-order valence-electron chi connectivity index (χ4n) is 2.03. The summed E-state index contributed by atoms with van der Waals surface area (Å²) in [4.78, 5) is 0. The van der Waals surface area contributed by atoms with Crippen LogP contribution in [0.5, 0.6) is 0 Å². The van der Waals surface area contributed by atoms with Crippen LogP contribution in [0.3, 0.4) is 0 Å². The van der Waals surface area contributed by atoms with Crippen molar-refractivity contribution >= 4 is 10.2 Å². The molecule has 0 aliphatic carbocycles. The maximum Gasteiger partial charge on any atom is 0.280 e. The van der Waals surface area contributed by atoms with E-state index in [1.165, 1.54) is 16.4 Å². The molecule has 0 spiro atoms. The quantitative estimate of drug-likeness (QED) is 0.854. The van der Waals surface area contributed by atoms with Gasteiger partial charge in [0.1, 0.15) is 5.82 Å². The maximum atomic E-state index is 13.1. The third-order valence-corrected chi connectivity index (χ3v) is 4.79. The molecule has 1 aromatic carbocycles. The van der Waals surface area contributed by atoms with E-state index in [4.69, 9.17) is 0 Å². The van der Waals surface area contributed by atoms with Gasteiger partial charge in [-0.1, -0.05) is 12.1 Å². The largest absolute Gasteiger partial charge is 0.314 e. The molecule has 7 heteroatoms. The maximum absolute atomic E-state index is 13.1. The van der Waals surface area contributed by atoms with Crippen LogP contribution >= 0.6 is 0 Å². The molecule has 106 valence electrons. The summed E-state index contributed by atoms with van der Waals surface area (Å²) < 4.78 is 41.4. The second-order valence-corrected chi connectivity index (χ2v) is 6.25. The van der Waals surface area contributed by atoms with Gasteiger partial charge in [0.05, 0.1) is 0 Å². The highest BCUT2D eigenvalue weighted by molar-refractivity contribution is 7.87. The Hall–Kier alpha value is -1.02. The van der Waals surface area contributed by atoms with Gasteiger partial charge < -0.3 is 5.32 Å². The van der Waals surface area contributed by atoms with Gasteiger partial charge in [0, 0.05) is 32.2 Å². The number of hydrogen-bond acceptors (Lipinski definition) is 3. The van der Waals surface area contributed by atoms with Gasteiger partial charge in [-0.05, 0) is 24.6 Å². The Morgan fingerprint density at radius 3 is 2.68 bits per heavy atom. The average molecular weight is 287 g/mol. The van der Waals surface area contributed by atoms with Crippen molar-refractivity contribution in [2.24, 2.45) is 0 Å². The fraction of sp³-hybridized carbons (Fsp3) is 0.500. The van der Waals surface area contributed by atoms with Crippen LogP contribution in [0.15, 0.2) is 24.3 Å². The van der Waals surface area contributed by atoms with Crippen LogP contribution in [0.25, 0.3) is 0 Å². The topological polar surface area (TPSA) is 61.4 Å². The molecule has 2 rings (SSSR count). The summed E-state index contributed by atoms with van der Waals surface area (Å²) in [5.41, 5.74) is 0.610. The van der Waals surface area contributed by atoms with Crippen LogP contribution in [-0.2, 0) is 10.2 Å². The molecular formula is C12H18FN3O2S. The lowest BCUT2D eigenvalue weighted by Crippen LogP contribution is -2.50. The van der Waals surface area contributed by atoms with Crippen LogP contribution in [0, 0.1) is 5.82 Å². The van der Waals surface area contributed by atoms with E-state index < -0.39 is 16.3 Å². The normalized spacial score (nSPS) is 19.3. The minimum atomic E-state index is -3.52. The molecule has 1 fully saturated rings. The zero-order valence-electron chi connectivity index (χ0n) is 10.8. The highest BCUT2D eigenvalue weighted by Crippen LogP contribution is 2.15. The van der Waals surface area contributed by atoms with Gasteiger partial charge in [0.25, 0.3) is 10.2 Å². The first-order chi connectivity index (χ1) is 8.99. The predicted octanol–water partition coefficient (Wildman–Crippen LogP) is 0.626. The van der Waals surface area contributed by atoms with Crippen molar-refractivity contribution in [3.63, 3.8) is 0 Å². The summed E-state index contributed by atoms with van der Waals surface area (Å²) in [6, 6.07) is 5.48. The zero-order valence-corrected chi connectivity index (χ0v) is 11.6. The minimum absolute atomic E-state index is 0.370. The van der Waals surface area contributed by atoms with Crippen molar-refractivity contribution in [1.82, 2.24) is 14.3 Å². The molecule has 0 bridgehead atoms. The summed E-state index contributed by atoms with van der Waals surface area (Å²) in [6.45, 7) is 3.90. The van der Waals surface area contributed by atoms with E-state index >= 15 is 0 Å². The molecular weight excluding hydrogens is 269 g/mol. The molecule has 0 aromatic heterocycles. The Balaban J connectivity index is 2.07. The molecule has 1 atom stereocenters. The summed E-state index contributed by atoms with van der Waals surface area (Å²) in [7, 11) is -3.52. The van der Waals surface area contributed by atoms with E-state index in [-0.39, 0.29) is 5.82 Å². The third kappa shape index (κ3) is 3.73. The minimum Gasteiger partial charge on any atom is -0.314 e. The molecule has 1 aliphatic heterocycles. The Bertz CT molecular complexity index is 530. The molecule has 2 N–H and O–H groups in total. The van der Waals surface area contributed by atoms with Gasteiger partial charge in [0.15, 0.2) is 0 Å². The van der Waals surface area contributed by atoms with E-state index in [0.717, 1.165) is 0 Å². The van der Waals surface area contributed by atoms with Crippen molar-refractivity contribution in [2.45, 2.75) is 13.0 Å². The SMILES string of the molecule is CC(NS(=O)(=O)N1CCNCC1)c1cccc(F)c1. The molecule has 5 nitrogen and oxygen atoms in total. The number of piperazine rings is 1. The van der Waals surface area contributed by atoms with Crippen molar-refractivity contribution in [1.29, 1.82) is 0 Å². The monoisotopic (exact) mass is 287 g/mol. The van der Waals surface area contributed by atoms with Gasteiger partial charge in [0.2, 0.25) is 0 Å².